The molecule has 1 spiro atoms. The van der Waals surface area contributed by atoms with Crippen molar-refractivity contribution in [2.45, 2.75) is 44.0 Å². The topological polar surface area (TPSA) is 42.0 Å². The summed E-state index contributed by atoms with van der Waals surface area (Å²) in [5, 5.41) is 9.40. The van der Waals surface area contributed by atoms with Gasteiger partial charge in [-0.1, -0.05) is 17.7 Å². The zero-order valence-corrected chi connectivity index (χ0v) is 10.3. The maximum absolute atomic E-state index is 9.40. The Morgan fingerprint density at radius 2 is 2.35 bits per heavy atom. The van der Waals surface area contributed by atoms with E-state index in [1.165, 1.54) is 24.8 Å². The van der Waals surface area contributed by atoms with E-state index >= 15 is 0 Å². The fraction of sp³-hybridized carbons (Fsp3) is 0.714. The van der Waals surface area contributed by atoms with E-state index in [-0.39, 0.29) is 24.4 Å². The van der Waals surface area contributed by atoms with Crippen LogP contribution in [0.5, 0.6) is 0 Å². The van der Waals surface area contributed by atoms with E-state index in [0.717, 1.165) is 0 Å². The molecule has 17 heavy (non-hydrogen) atoms. The molecule has 0 aromatic heterocycles. The molecule has 2 heterocycles. The van der Waals surface area contributed by atoms with Crippen LogP contribution >= 0.6 is 0 Å². The number of allylic oxidation sites excluding steroid dienone is 1. The van der Waals surface area contributed by atoms with Crippen molar-refractivity contribution in [3.63, 3.8) is 0 Å². The second-order valence-electron chi connectivity index (χ2n) is 5.36. The fourth-order valence-corrected chi connectivity index (χ4v) is 2.98. The zero-order valence-electron chi connectivity index (χ0n) is 10.3. The van der Waals surface area contributed by atoms with Crippen LogP contribution in [0.25, 0.3) is 0 Å². The molecule has 1 saturated heterocycles. The largest absolute Gasteiger partial charge is 0.394 e. The average Bonchev–Trinajstić information content (AvgIpc) is 3.11. The Hall–Kier alpha value is -0.640. The molecule has 3 rings (SSSR count). The van der Waals surface area contributed by atoms with Crippen molar-refractivity contribution in [3.8, 4) is 0 Å². The number of rotatable bonds is 2. The predicted molar refractivity (Wildman–Crippen MR) is 64.7 cm³/mol. The summed E-state index contributed by atoms with van der Waals surface area (Å²) in [5.74, 6) is 0.477. The van der Waals surface area contributed by atoms with Gasteiger partial charge in [0.05, 0.1) is 19.3 Å². The Kier molecular flexibility index (Phi) is 2.85. The maximum Gasteiger partial charge on any atom is 0.138 e. The first-order valence-electron chi connectivity index (χ1n) is 6.51. The first-order chi connectivity index (χ1) is 8.25. The second kappa shape index (κ2) is 4.23. The van der Waals surface area contributed by atoms with Crippen molar-refractivity contribution >= 4 is 0 Å². The van der Waals surface area contributed by atoms with Gasteiger partial charge in [-0.3, -0.25) is 0 Å². The normalized spacial score (nSPS) is 44.8. The van der Waals surface area contributed by atoms with E-state index in [0.29, 0.717) is 12.5 Å². The quantitative estimate of drug-likeness (QED) is 0.587. The van der Waals surface area contributed by atoms with Gasteiger partial charge < -0.3 is 14.6 Å². The Morgan fingerprint density at radius 3 is 3.00 bits per heavy atom. The summed E-state index contributed by atoms with van der Waals surface area (Å²) in [6.07, 6.45) is 10.1. The highest BCUT2D eigenvalue weighted by atomic mass is 16.6. The molecule has 3 nitrogen and oxygen atoms in total. The molecule has 0 bridgehead atoms. The molecule has 3 heteroatoms. The van der Waals surface area contributed by atoms with Gasteiger partial charge in [0.15, 0.2) is 0 Å². The third kappa shape index (κ3) is 1.96. The minimum Gasteiger partial charge on any atom is -0.394 e. The summed E-state index contributed by atoms with van der Waals surface area (Å²) >= 11 is 0. The molecule has 0 aromatic carbocycles. The van der Waals surface area contributed by atoms with Gasteiger partial charge in [0.25, 0.3) is 0 Å². The van der Waals surface area contributed by atoms with Crippen LogP contribution in [-0.2, 0) is 9.47 Å². The molecular formula is C14H20O3. The molecule has 0 saturated carbocycles. The summed E-state index contributed by atoms with van der Waals surface area (Å²) in [6.45, 7) is 2.91. The standard InChI is InChI=1S/C14H20O3/c1-10-4-2-3-5-11(10)12-6-7-14(9-16-14)13(8-15)17-12/h4,6-7,11-13,15H,2-3,5,8-9H2,1H3/t11?,12?,13-,14-/m1/s1. The maximum atomic E-state index is 9.40. The van der Waals surface area contributed by atoms with Gasteiger partial charge in [-0.25, -0.2) is 0 Å². The van der Waals surface area contributed by atoms with Crippen LogP contribution in [0.1, 0.15) is 26.2 Å². The molecule has 0 aromatic rings. The summed E-state index contributed by atoms with van der Waals surface area (Å²) in [6, 6.07) is 0. The summed E-state index contributed by atoms with van der Waals surface area (Å²) in [7, 11) is 0. The zero-order chi connectivity index (χ0) is 11.9. The van der Waals surface area contributed by atoms with Gasteiger partial charge in [0.2, 0.25) is 0 Å². The van der Waals surface area contributed by atoms with Gasteiger partial charge >= 0.3 is 0 Å². The van der Waals surface area contributed by atoms with Gasteiger partial charge in [0.1, 0.15) is 11.7 Å². The van der Waals surface area contributed by atoms with E-state index in [1.807, 2.05) is 0 Å². The number of ether oxygens (including phenoxy) is 2. The Bertz CT molecular complexity index is 354. The number of aliphatic hydroxyl groups is 1. The van der Waals surface area contributed by atoms with Crippen molar-refractivity contribution in [2.75, 3.05) is 13.2 Å². The number of epoxide rings is 1. The van der Waals surface area contributed by atoms with Crippen LogP contribution < -0.4 is 0 Å². The second-order valence-corrected chi connectivity index (χ2v) is 5.36. The van der Waals surface area contributed by atoms with Crippen LogP contribution in [0.4, 0.5) is 0 Å². The van der Waals surface area contributed by atoms with Crippen LogP contribution in [0.15, 0.2) is 23.8 Å². The molecule has 1 N–H and O–H groups in total. The van der Waals surface area contributed by atoms with E-state index in [2.05, 4.69) is 25.2 Å². The van der Waals surface area contributed by atoms with Gasteiger partial charge in [-0.15, -0.1) is 0 Å². The number of hydrogen-bond acceptors (Lipinski definition) is 3. The van der Waals surface area contributed by atoms with Crippen molar-refractivity contribution in [2.24, 2.45) is 5.92 Å². The van der Waals surface area contributed by atoms with Crippen molar-refractivity contribution in [1.29, 1.82) is 0 Å². The lowest BCUT2D eigenvalue weighted by molar-refractivity contribution is -0.0749. The van der Waals surface area contributed by atoms with E-state index in [1.54, 1.807) is 0 Å². The first kappa shape index (κ1) is 11.5. The molecule has 2 aliphatic heterocycles. The van der Waals surface area contributed by atoms with Crippen LogP contribution in [-0.4, -0.2) is 36.1 Å². The number of aliphatic hydroxyl groups excluding tert-OH is 1. The first-order valence-corrected chi connectivity index (χ1v) is 6.51. The molecular weight excluding hydrogens is 216 g/mol. The van der Waals surface area contributed by atoms with Gasteiger partial charge in [0, 0.05) is 5.92 Å². The summed E-state index contributed by atoms with van der Waals surface area (Å²) in [4.78, 5) is 0. The number of hydrogen-bond donors (Lipinski definition) is 1. The van der Waals surface area contributed by atoms with Crippen LogP contribution in [0, 0.1) is 5.92 Å². The van der Waals surface area contributed by atoms with Crippen LogP contribution in [0.3, 0.4) is 0 Å². The molecule has 0 radical (unpaired) electrons. The lowest BCUT2D eigenvalue weighted by atomic mass is 9.82. The highest BCUT2D eigenvalue weighted by Crippen LogP contribution is 2.41. The van der Waals surface area contributed by atoms with Crippen molar-refractivity contribution < 1.29 is 14.6 Å². The molecule has 0 amide bonds. The molecule has 4 atom stereocenters. The molecule has 1 fully saturated rings. The predicted octanol–water partition coefficient (Wildman–Crippen LogP) is 1.82. The smallest absolute Gasteiger partial charge is 0.138 e. The van der Waals surface area contributed by atoms with Crippen molar-refractivity contribution in [1.82, 2.24) is 0 Å². The Balaban J connectivity index is 1.77. The van der Waals surface area contributed by atoms with E-state index < -0.39 is 0 Å². The monoisotopic (exact) mass is 236 g/mol. The Morgan fingerprint density at radius 1 is 1.53 bits per heavy atom. The minimum atomic E-state index is -0.308. The summed E-state index contributed by atoms with van der Waals surface area (Å²) in [5.41, 5.74) is 1.12. The molecule has 1 aliphatic carbocycles. The SMILES string of the molecule is CC1=CCCCC1C1C=C[C@@]2(CO2)[C@@H](CO)O1. The van der Waals surface area contributed by atoms with Gasteiger partial charge in [-0.05, 0) is 32.3 Å². The van der Waals surface area contributed by atoms with Crippen molar-refractivity contribution in [3.05, 3.63) is 23.8 Å². The third-order valence-corrected chi connectivity index (χ3v) is 4.24. The average molecular weight is 236 g/mol. The third-order valence-electron chi connectivity index (χ3n) is 4.24. The lowest BCUT2D eigenvalue weighted by Crippen LogP contribution is -2.43. The molecule has 2 unspecified atom stereocenters. The molecule has 3 aliphatic rings. The van der Waals surface area contributed by atoms with Crippen LogP contribution in [0.2, 0.25) is 0 Å². The fourth-order valence-electron chi connectivity index (χ4n) is 2.98. The highest BCUT2D eigenvalue weighted by molar-refractivity contribution is 5.22. The van der Waals surface area contributed by atoms with Gasteiger partial charge in [-0.2, -0.15) is 0 Å². The summed E-state index contributed by atoms with van der Waals surface area (Å²) < 4.78 is 11.4. The highest BCUT2D eigenvalue weighted by Gasteiger charge is 2.53. The molecule has 94 valence electrons. The van der Waals surface area contributed by atoms with E-state index in [9.17, 15) is 5.11 Å². The lowest BCUT2D eigenvalue weighted by Gasteiger charge is -2.35. The minimum absolute atomic E-state index is 0.0380. The van der Waals surface area contributed by atoms with E-state index in [4.69, 9.17) is 9.47 Å². The Labute approximate surface area is 102 Å².